The van der Waals surface area contributed by atoms with Crippen molar-refractivity contribution in [2.75, 3.05) is 31.5 Å². The third kappa shape index (κ3) is 5.49. The van der Waals surface area contributed by atoms with E-state index in [2.05, 4.69) is 26.1 Å². The molecular formula is C8H16BrClN2O. The monoisotopic (exact) mass is 270 g/mol. The summed E-state index contributed by atoms with van der Waals surface area (Å²) in [5.74, 6) is 0.0780. The van der Waals surface area contributed by atoms with Gasteiger partial charge in [0.15, 0.2) is 0 Å². The minimum absolute atomic E-state index is 0. The second-order valence-corrected chi connectivity index (χ2v) is 3.59. The zero-order valence-electron chi connectivity index (χ0n) is 7.59. The predicted molar refractivity (Wildman–Crippen MR) is 59.7 cm³/mol. The van der Waals surface area contributed by atoms with Crippen LogP contribution in [0.5, 0.6) is 0 Å². The molecule has 1 aliphatic rings. The van der Waals surface area contributed by atoms with Crippen LogP contribution in [0.25, 0.3) is 0 Å². The Morgan fingerprint density at radius 2 is 2.00 bits per heavy atom. The average molecular weight is 272 g/mol. The van der Waals surface area contributed by atoms with E-state index in [1.54, 1.807) is 0 Å². The summed E-state index contributed by atoms with van der Waals surface area (Å²) in [7, 11) is 0. The van der Waals surface area contributed by atoms with Gasteiger partial charge in [-0.15, -0.1) is 12.4 Å². The predicted octanol–water partition coefficient (Wildman–Crippen LogP) is 1.02. The maximum absolute atomic E-state index is 10.8. The third-order valence-electron chi connectivity index (χ3n) is 2.07. The van der Waals surface area contributed by atoms with Crippen molar-refractivity contribution >= 4 is 34.2 Å². The first kappa shape index (κ1) is 13.2. The summed E-state index contributed by atoms with van der Waals surface area (Å²) in [4.78, 5) is 13.2. The van der Waals surface area contributed by atoms with Gasteiger partial charge in [-0.2, -0.15) is 0 Å². The Morgan fingerprint density at radius 3 is 2.54 bits per heavy atom. The fraction of sp³-hybridized carbons (Fsp3) is 0.875. The normalized spacial score (nSPS) is 16.7. The number of carbonyl (C=O) groups excluding carboxylic acids is 1. The molecule has 1 heterocycles. The van der Waals surface area contributed by atoms with Crippen LogP contribution in [0.15, 0.2) is 0 Å². The smallest absolute Gasteiger partial charge is 0.230 e. The molecule has 1 amide bonds. The Morgan fingerprint density at radius 1 is 1.38 bits per heavy atom. The number of hydrogen-bond acceptors (Lipinski definition) is 2. The first-order valence-corrected chi connectivity index (χ1v) is 5.50. The van der Waals surface area contributed by atoms with E-state index in [0.29, 0.717) is 5.33 Å². The molecule has 0 aliphatic carbocycles. The Labute approximate surface area is 93.8 Å². The van der Waals surface area contributed by atoms with Crippen molar-refractivity contribution in [3.8, 4) is 0 Å². The number of hydrogen-bond donors (Lipinski definition) is 1. The summed E-state index contributed by atoms with van der Waals surface area (Å²) in [6, 6.07) is 0. The summed E-state index contributed by atoms with van der Waals surface area (Å²) in [5.41, 5.74) is 0. The van der Waals surface area contributed by atoms with E-state index in [9.17, 15) is 4.79 Å². The average Bonchev–Trinajstić information content (AvgIpc) is 2.57. The van der Waals surface area contributed by atoms with Crippen LogP contribution in [0.2, 0.25) is 0 Å². The van der Waals surface area contributed by atoms with Gasteiger partial charge >= 0.3 is 0 Å². The number of nitrogens with zero attached hydrogens (tertiary/aromatic N) is 1. The van der Waals surface area contributed by atoms with Gasteiger partial charge in [0.25, 0.3) is 0 Å². The zero-order chi connectivity index (χ0) is 8.81. The van der Waals surface area contributed by atoms with Crippen molar-refractivity contribution in [3.05, 3.63) is 0 Å². The molecule has 78 valence electrons. The van der Waals surface area contributed by atoms with Crippen molar-refractivity contribution in [3.63, 3.8) is 0 Å². The van der Waals surface area contributed by atoms with Crippen LogP contribution < -0.4 is 5.32 Å². The van der Waals surface area contributed by atoms with Crippen LogP contribution >= 0.6 is 28.3 Å². The van der Waals surface area contributed by atoms with E-state index in [1.165, 1.54) is 25.9 Å². The molecular weight excluding hydrogens is 255 g/mol. The molecule has 0 atom stereocenters. The molecule has 0 aromatic rings. The zero-order valence-corrected chi connectivity index (χ0v) is 9.99. The minimum atomic E-state index is 0. The largest absolute Gasteiger partial charge is 0.354 e. The maximum atomic E-state index is 10.8. The molecule has 0 saturated carbocycles. The number of amides is 1. The molecule has 1 fully saturated rings. The molecule has 0 spiro atoms. The fourth-order valence-corrected chi connectivity index (χ4v) is 1.61. The second-order valence-electron chi connectivity index (χ2n) is 3.03. The van der Waals surface area contributed by atoms with E-state index in [-0.39, 0.29) is 18.3 Å². The Balaban J connectivity index is 0.00000144. The fourth-order valence-electron chi connectivity index (χ4n) is 1.41. The molecule has 13 heavy (non-hydrogen) atoms. The molecule has 1 N–H and O–H groups in total. The molecule has 0 radical (unpaired) electrons. The Kier molecular flexibility index (Phi) is 7.71. The standard InChI is InChI=1S/C8H15BrN2O.ClH/c9-7-8(12)10-3-6-11-4-1-2-5-11;/h1-7H2,(H,10,12);1H. The van der Waals surface area contributed by atoms with E-state index in [1.807, 2.05) is 0 Å². The number of nitrogens with one attached hydrogen (secondary N) is 1. The molecule has 0 bridgehead atoms. The molecule has 0 aromatic carbocycles. The van der Waals surface area contributed by atoms with Crippen molar-refractivity contribution in [2.24, 2.45) is 0 Å². The van der Waals surface area contributed by atoms with Gasteiger partial charge in [0.1, 0.15) is 0 Å². The highest BCUT2D eigenvalue weighted by Crippen LogP contribution is 2.05. The van der Waals surface area contributed by atoms with Gasteiger partial charge in [-0.3, -0.25) is 4.79 Å². The van der Waals surface area contributed by atoms with Crippen LogP contribution in [0.1, 0.15) is 12.8 Å². The molecule has 1 saturated heterocycles. The molecule has 0 aromatic heterocycles. The van der Waals surface area contributed by atoms with Crippen LogP contribution in [0, 0.1) is 0 Å². The van der Waals surface area contributed by atoms with Gasteiger partial charge in [-0.1, -0.05) is 15.9 Å². The van der Waals surface area contributed by atoms with E-state index in [0.717, 1.165) is 13.1 Å². The third-order valence-corrected chi connectivity index (χ3v) is 2.58. The second kappa shape index (κ2) is 7.59. The van der Waals surface area contributed by atoms with Gasteiger partial charge in [-0.05, 0) is 25.9 Å². The quantitative estimate of drug-likeness (QED) is 0.774. The van der Waals surface area contributed by atoms with Crippen molar-refractivity contribution in [2.45, 2.75) is 12.8 Å². The van der Waals surface area contributed by atoms with E-state index < -0.39 is 0 Å². The molecule has 1 rings (SSSR count). The van der Waals surface area contributed by atoms with Crippen molar-refractivity contribution in [1.82, 2.24) is 10.2 Å². The lowest BCUT2D eigenvalue weighted by molar-refractivity contribution is -0.118. The number of likely N-dealkylation sites (tertiary alicyclic amines) is 1. The van der Waals surface area contributed by atoms with Crippen LogP contribution in [0.3, 0.4) is 0 Å². The van der Waals surface area contributed by atoms with Crippen molar-refractivity contribution in [1.29, 1.82) is 0 Å². The van der Waals surface area contributed by atoms with Crippen LogP contribution in [0.4, 0.5) is 0 Å². The molecule has 5 heteroatoms. The number of carbonyl (C=O) groups is 1. The minimum Gasteiger partial charge on any atom is -0.354 e. The van der Waals surface area contributed by atoms with E-state index >= 15 is 0 Å². The topological polar surface area (TPSA) is 32.3 Å². The Hall–Kier alpha value is 0.200. The van der Waals surface area contributed by atoms with Crippen LogP contribution in [-0.2, 0) is 4.79 Å². The first-order chi connectivity index (χ1) is 5.83. The lowest BCUT2D eigenvalue weighted by Gasteiger charge is -2.14. The van der Waals surface area contributed by atoms with E-state index in [4.69, 9.17) is 0 Å². The maximum Gasteiger partial charge on any atom is 0.230 e. The van der Waals surface area contributed by atoms with Crippen molar-refractivity contribution < 1.29 is 4.79 Å². The molecule has 3 nitrogen and oxygen atoms in total. The number of alkyl halides is 1. The summed E-state index contributed by atoms with van der Waals surface area (Å²) in [5, 5.41) is 3.24. The van der Waals surface area contributed by atoms with Gasteiger partial charge < -0.3 is 10.2 Å². The summed E-state index contributed by atoms with van der Waals surface area (Å²) in [6.45, 7) is 4.18. The molecule has 1 aliphatic heterocycles. The van der Waals surface area contributed by atoms with Gasteiger partial charge in [0.2, 0.25) is 5.91 Å². The highest BCUT2D eigenvalue weighted by atomic mass is 79.9. The highest BCUT2D eigenvalue weighted by molar-refractivity contribution is 9.09. The summed E-state index contributed by atoms with van der Waals surface area (Å²) in [6.07, 6.45) is 2.62. The van der Waals surface area contributed by atoms with Gasteiger partial charge in [0.05, 0.1) is 5.33 Å². The lowest BCUT2D eigenvalue weighted by atomic mass is 10.4. The van der Waals surface area contributed by atoms with Gasteiger partial charge in [-0.25, -0.2) is 0 Å². The SMILES string of the molecule is Cl.O=C(CBr)NCCN1CCCC1. The van der Waals surface area contributed by atoms with Gasteiger partial charge in [0, 0.05) is 13.1 Å². The van der Waals surface area contributed by atoms with Crippen LogP contribution in [-0.4, -0.2) is 42.3 Å². The number of rotatable bonds is 4. The summed E-state index contributed by atoms with van der Waals surface area (Å²) < 4.78 is 0. The lowest BCUT2D eigenvalue weighted by Crippen LogP contribution is -2.33. The first-order valence-electron chi connectivity index (χ1n) is 4.38. The summed E-state index contributed by atoms with van der Waals surface area (Å²) >= 11 is 3.10. The number of halogens is 2. The highest BCUT2D eigenvalue weighted by Gasteiger charge is 2.10. The molecule has 0 unspecified atom stereocenters. The Bertz CT molecular complexity index is 151.